The summed E-state index contributed by atoms with van der Waals surface area (Å²) in [5, 5.41) is 9.69. The molecule has 6 nitrogen and oxygen atoms in total. The summed E-state index contributed by atoms with van der Waals surface area (Å²) in [4.78, 5) is 29.2. The number of piperidine rings is 1. The first-order valence-corrected chi connectivity index (χ1v) is 8.02. The number of methoxy groups -OCH3 is 1. The largest absolute Gasteiger partial charge is 0.481 e. The Kier molecular flexibility index (Phi) is 5.59. The van der Waals surface area contributed by atoms with Crippen LogP contribution in [-0.2, 0) is 16.1 Å². The molecule has 23 heavy (non-hydrogen) atoms. The Balaban J connectivity index is 2.16. The van der Waals surface area contributed by atoms with Crippen LogP contribution in [0.1, 0.15) is 36.1 Å². The summed E-state index contributed by atoms with van der Waals surface area (Å²) in [6.45, 7) is 5.96. The molecule has 6 heteroatoms. The molecule has 1 atom stereocenters. The molecule has 1 fully saturated rings. The normalized spacial score (nSPS) is 22.2. The van der Waals surface area contributed by atoms with E-state index in [1.807, 2.05) is 6.92 Å². The van der Waals surface area contributed by atoms with Crippen molar-refractivity contribution in [3.63, 3.8) is 0 Å². The van der Waals surface area contributed by atoms with Crippen LogP contribution in [0.2, 0.25) is 0 Å². The first-order valence-electron chi connectivity index (χ1n) is 8.02. The smallest absolute Gasteiger partial charge is 0.311 e. The Morgan fingerprint density at radius 3 is 2.87 bits per heavy atom. The predicted octanol–water partition coefficient (Wildman–Crippen LogP) is 1.70. The Morgan fingerprint density at radius 1 is 1.48 bits per heavy atom. The number of aryl methyl sites for hydroxylation is 1. The molecule has 1 aliphatic rings. The van der Waals surface area contributed by atoms with Gasteiger partial charge in [-0.3, -0.25) is 14.5 Å². The van der Waals surface area contributed by atoms with Crippen LogP contribution >= 0.6 is 0 Å². The molecule has 128 valence electrons. The van der Waals surface area contributed by atoms with Gasteiger partial charge in [0.2, 0.25) is 0 Å². The van der Waals surface area contributed by atoms with Gasteiger partial charge in [-0.15, -0.1) is 0 Å². The highest BCUT2D eigenvalue weighted by atomic mass is 16.5. The SMILES string of the molecule is COCC[C@]1(C(=O)O)CCCN(Cc2[nH]cc(C)c(=O)c2C)C1. The highest BCUT2D eigenvalue weighted by molar-refractivity contribution is 5.75. The first-order chi connectivity index (χ1) is 10.9. The van der Waals surface area contributed by atoms with Crippen LogP contribution in [0.15, 0.2) is 11.0 Å². The molecule has 0 spiro atoms. The standard InChI is InChI=1S/C17H26N2O4/c1-12-9-18-14(13(2)15(12)20)10-19-7-4-5-17(11-19,16(21)22)6-8-23-3/h9H,4-8,10-11H2,1-3H3,(H,18,20)(H,21,22)/t17-/m1/s1. The van der Waals surface area contributed by atoms with Crippen LogP contribution in [0, 0.1) is 19.3 Å². The molecule has 0 saturated carbocycles. The number of aromatic nitrogens is 1. The van der Waals surface area contributed by atoms with Gasteiger partial charge in [-0.25, -0.2) is 0 Å². The summed E-state index contributed by atoms with van der Waals surface area (Å²) < 4.78 is 5.09. The second-order valence-corrected chi connectivity index (χ2v) is 6.55. The molecular formula is C17H26N2O4. The van der Waals surface area contributed by atoms with Gasteiger partial charge in [0.05, 0.1) is 5.41 Å². The Bertz CT molecular complexity index is 626. The van der Waals surface area contributed by atoms with Gasteiger partial charge in [-0.2, -0.15) is 0 Å². The number of carbonyl (C=O) groups is 1. The minimum atomic E-state index is -0.757. The van der Waals surface area contributed by atoms with Gasteiger partial charge >= 0.3 is 5.97 Å². The van der Waals surface area contributed by atoms with Crippen LogP contribution in [-0.4, -0.2) is 47.8 Å². The number of likely N-dealkylation sites (tertiary alicyclic amines) is 1. The number of nitrogens with zero attached hydrogens (tertiary/aromatic N) is 1. The lowest BCUT2D eigenvalue weighted by atomic mass is 9.77. The lowest BCUT2D eigenvalue weighted by Crippen LogP contribution is -2.48. The minimum Gasteiger partial charge on any atom is -0.481 e. The highest BCUT2D eigenvalue weighted by Crippen LogP contribution is 2.34. The van der Waals surface area contributed by atoms with Crippen molar-refractivity contribution in [1.29, 1.82) is 0 Å². The number of ether oxygens (including phenoxy) is 1. The third-order valence-electron chi connectivity index (χ3n) is 4.89. The molecule has 0 radical (unpaired) electrons. The molecule has 1 aliphatic heterocycles. The van der Waals surface area contributed by atoms with Crippen molar-refractivity contribution < 1.29 is 14.6 Å². The van der Waals surface area contributed by atoms with E-state index < -0.39 is 11.4 Å². The molecule has 1 aromatic rings. The van der Waals surface area contributed by atoms with Crippen molar-refractivity contribution >= 4 is 5.97 Å². The van der Waals surface area contributed by atoms with E-state index in [1.54, 1.807) is 20.2 Å². The van der Waals surface area contributed by atoms with Gasteiger partial charge in [0.25, 0.3) is 0 Å². The van der Waals surface area contributed by atoms with Crippen molar-refractivity contribution in [3.8, 4) is 0 Å². The minimum absolute atomic E-state index is 0.0552. The molecule has 0 amide bonds. The van der Waals surface area contributed by atoms with Crippen LogP contribution in [0.4, 0.5) is 0 Å². The average Bonchev–Trinajstić information content (AvgIpc) is 2.54. The lowest BCUT2D eigenvalue weighted by Gasteiger charge is -2.40. The van der Waals surface area contributed by atoms with Gasteiger partial charge in [-0.1, -0.05) is 0 Å². The Hall–Kier alpha value is -1.66. The Labute approximate surface area is 136 Å². The number of carboxylic acids is 1. The molecule has 2 N–H and O–H groups in total. The number of hydrogen-bond donors (Lipinski definition) is 2. The van der Waals surface area contributed by atoms with E-state index in [9.17, 15) is 14.7 Å². The summed E-state index contributed by atoms with van der Waals surface area (Å²) >= 11 is 0. The molecule has 0 unspecified atom stereocenters. The molecular weight excluding hydrogens is 296 g/mol. The summed E-state index contributed by atoms with van der Waals surface area (Å²) in [6.07, 6.45) is 3.75. The fourth-order valence-electron chi connectivity index (χ4n) is 3.33. The average molecular weight is 322 g/mol. The zero-order valence-electron chi connectivity index (χ0n) is 14.1. The number of hydrogen-bond acceptors (Lipinski definition) is 4. The van der Waals surface area contributed by atoms with Crippen LogP contribution in [0.25, 0.3) is 0 Å². The Morgan fingerprint density at radius 2 is 2.22 bits per heavy atom. The topological polar surface area (TPSA) is 82.6 Å². The van der Waals surface area contributed by atoms with Crippen molar-refractivity contribution in [3.05, 3.63) is 33.2 Å². The van der Waals surface area contributed by atoms with Crippen molar-refractivity contribution in [2.45, 2.75) is 39.7 Å². The maximum atomic E-state index is 12.1. The first kappa shape index (κ1) is 17.7. The number of carboxylic acid groups (broad SMARTS) is 1. The monoisotopic (exact) mass is 322 g/mol. The second-order valence-electron chi connectivity index (χ2n) is 6.55. The number of aliphatic carboxylic acids is 1. The predicted molar refractivity (Wildman–Crippen MR) is 87.6 cm³/mol. The van der Waals surface area contributed by atoms with Crippen molar-refractivity contribution in [1.82, 2.24) is 9.88 Å². The fraction of sp³-hybridized carbons (Fsp3) is 0.647. The number of pyridine rings is 1. The van der Waals surface area contributed by atoms with E-state index in [-0.39, 0.29) is 5.43 Å². The van der Waals surface area contributed by atoms with Gasteiger partial charge in [-0.05, 0) is 39.7 Å². The van der Waals surface area contributed by atoms with Gasteiger partial charge < -0.3 is 14.8 Å². The van der Waals surface area contributed by atoms with Crippen molar-refractivity contribution in [2.75, 3.05) is 26.8 Å². The number of rotatable bonds is 6. The second kappa shape index (κ2) is 7.27. The molecule has 0 aliphatic carbocycles. The van der Waals surface area contributed by atoms with Crippen LogP contribution in [0.5, 0.6) is 0 Å². The molecule has 2 rings (SSSR count). The number of H-pyrrole nitrogens is 1. The third-order valence-corrected chi connectivity index (χ3v) is 4.89. The van der Waals surface area contributed by atoms with E-state index in [2.05, 4.69) is 9.88 Å². The summed E-state index contributed by atoms with van der Waals surface area (Å²) in [6, 6.07) is 0. The van der Waals surface area contributed by atoms with Gasteiger partial charge in [0, 0.05) is 49.8 Å². The summed E-state index contributed by atoms with van der Waals surface area (Å²) in [5.41, 5.74) is 1.58. The summed E-state index contributed by atoms with van der Waals surface area (Å²) in [7, 11) is 1.59. The molecule has 1 aromatic heterocycles. The van der Waals surface area contributed by atoms with Gasteiger partial charge in [0.1, 0.15) is 0 Å². The van der Waals surface area contributed by atoms with E-state index in [0.29, 0.717) is 43.7 Å². The quantitative estimate of drug-likeness (QED) is 0.833. The fourth-order valence-corrected chi connectivity index (χ4v) is 3.33. The molecule has 1 saturated heterocycles. The van der Waals surface area contributed by atoms with Gasteiger partial charge in [0.15, 0.2) is 5.43 Å². The van der Waals surface area contributed by atoms with E-state index in [4.69, 9.17) is 4.74 Å². The lowest BCUT2D eigenvalue weighted by molar-refractivity contribution is -0.154. The number of nitrogens with one attached hydrogen (secondary N) is 1. The van der Waals surface area contributed by atoms with Crippen molar-refractivity contribution in [2.24, 2.45) is 5.41 Å². The maximum Gasteiger partial charge on any atom is 0.311 e. The van der Waals surface area contributed by atoms with Crippen LogP contribution in [0.3, 0.4) is 0 Å². The molecule has 0 bridgehead atoms. The van der Waals surface area contributed by atoms with E-state index >= 15 is 0 Å². The summed E-state index contributed by atoms with van der Waals surface area (Å²) in [5.74, 6) is -0.756. The zero-order valence-corrected chi connectivity index (χ0v) is 14.1. The molecule has 2 heterocycles. The third kappa shape index (κ3) is 3.82. The maximum absolute atomic E-state index is 12.1. The zero-order chi connectivity index (χ0) is 17.0. The van der Waals surface area contributed by atoms with E-state index in [0.717, 1.165) is 18.7 Å². The molecule has 0 aromatic carbocycles. The highest BCUT2D eigenvalue weighted by Gasteiger charge is 2.42. The number of aromatic amines is 1. The van der Waals surface area contributed by atoms with Crippen LogP contribution < -0.4 is 5.43 Å². The van der Waals surface area contributed by atoms with E-state index in [1.165, 1.54) is 0 Å².